The van der Waals surface area contributed by atoms with Crippen LogP contribution in [0.5, 0.6) is 0 Å². The molecular weight excluding hydrogens is 283 g/mol. The maximum atomic E-state index is 12.9. The Bertz CT molecular complexity index is 633. The first-order chi connectivity index (χ1) is 9.43. The molecule has 104 valence electrons. The molecule has 1 unspecified atom stereocenters. The molecular formula is C14H12ClFN2O2. The molecule has 0 bridgehead atoms. The van der Waals surface area contributed by atoms with Crippen molar-refractivity contribution >= 4 is 23.3 Å². The minimum absolute atomic E-state index is 0.186. The Labute approximate surface area is 120 Å². The maximum Gasteiger partial charge on any atom is 0.335 e. The molecule has 1 atom stereocenters. The number of carbonyl (C=O) groups is 1. The van der Waals surface area contributed by atoms with E-state index in [2.05, 4.69) is 10.3 Å². The number of carboxylic acid groups (broad SMARTS) is 1. The number of pyridine rings is 1. The van der Waals surface area contributed by atoms with Gasteiger partial charge in [-0.2, -0.15) is 0 Å². The first kappa shape index (κ1) is 14.3. The molecule has 0 spiro atoms. The van der Waals surface area contributed by atoms with Gasteiger partial charge in [0.1, 0.15) is 5.82 Å². The van der Waals surface area contributed by atoms with Gasteiger partial charge in [0, 0.05) is 0 Å². The zero-order valence-corrected chi connectivity index (χ0v) is 11.4. The summed E-state index contributed by atoms with van der Waals surface area (Å²) in [6.07, 6.45) is 0.977. The van der Waals surface area contributed by atoms with Crippen LogP contribution in [0.4, 0.5) is 10.1 Å². The van der Waals surface area contributed by atoms with Gasteiger partial charge in [-0.15, -0.1) is 0 Å². The second-order valence-corrected chi connectivity index (χ2v) is 4.80. The summed E-state index contributed by atoms with van der Waals surface area (Å²) in [4.78, 5) is 15.4. The van der Waals surface area contributed by atoms with Crippen molar-refractivity contribution in [3.05, 3.63) is 59.1 Å². The predicted octanol–water partition coefficient (Wildman–Crippen LogP) is 3.29. The zero-order chi connectivity index (χ0) is 14.8. The normalized spacial score (nSPS) is 13.6. The number of aromatic nitrogens is 1. The number of hydrogen-bond donors (Lipinski definition) is 2. The SMILES string of the molecule is CC(Nc1ccccc1Cl)(C(=O)O)c1ccc(F)cn1. The van der Waals surface area contributed by atoms with Gasteiger partial charge in [-0.1, -0.05) is 23.7 Å². The fourth-order valence-corrected chi connectivity index (χ4v) is 1.91. The van der Waals surface area contributed by atoms with Crippen molar-refractivity contribution in [3.8, 4) is 0 Å². The second kappa shape index (κ2) is 5.46. The van der Waals surface area contributed by atoms with E-state index in [1.165, 1.54) is 13.0 Å². The van der Waals surface area contributed by atoms with Gasteiger partial charge in [-0.25, -0.2) is 9.18 Å². The first-order valence-corrected chi connectivity index (χ1v) is 6.19. The molecule has 1 heterocycles. The molecule has 1 aromatic heterocycles. The number of anilines is 1. The highest BCUT2D eigenvalue weighted by atomic mass is 35.5. The summed E-state index contributed by atoms with van der Waals surface area (Å²) >= 11 is 6.01. The van der Waals surface area contributed by atoms with Gasteiger partial charge in [-0.3, -0.25) is 4.98 Å². The molecule has 20 heavy (non-hydrogen) atoms. The number of aliphatic carboxylic acids is 1. The van der Waals surface area contributed by atoms with Gasteiger partial charge in [0.05, 0.1) is 22.6 Å². The van der Waals surface area contributed by atoms with Crippen LogP contribution in [-0.4, -0.2) is 16.1 Å². The van der Waals surface area contributed by atoms with Gasteiger partial charge in [0.2, 0.25) is 0 Å². The number of para-hydroxylation sites is 1. The van der Waals surface area contributed by atoms with Crippen LogP contribution in [0.15, 0.2) is 42.6 Å². The average Bonchev–Trinajstić information content (AvgIpc) is 2.42. The summed E-state index contributed by atoms with van der Waals surface area (Å²) in [6, 6.07) is 9.26. The van der Waals surface area contributed by atoms with E-state index < -0.39 is 17.3 Å². The fourth-order valence-electron chi connectivity index (χ4n) is 1.73. The molecule has 0 aliphatic heterocycles. The predicted molar refractivity (Wildman–Crippen MR) is 74.3 cm³/mol. The van der Waals surface area contributed by atoms with Crippen molar-refractivity contribution in [1.82, 2.24) is 4.98 Å². The highest BCUT2D eigenvalue weighted by Gasteiger charge is 2.37. The molecule has 0 aliphatic carbocycles. The Morgan fingerprint density at radius 1 is 1.35 bits per heavy atom. The Hall–Kier alpha value is -2.14. The molecule has 0 aliphatic rings. The van der Waals surface area contributed by atoms with Crippen molar-refractivity contribution < 1.29 is 14.3 Å². The van der Waals surface area contributed by atoms with Gasteiger partial charge in [-0.05, 0) is 31.2 Å². The number of halogens is 2. The van der Waals surface area contributed by atoms with E-state index in [-0.39, 0.29) is 5.69 Å². The largest absolute Gasteiger partial charge is 0.479 e. The van der Waals surface area contributed by atoms with E-state index in [9.17, 15) is 14.3 Å². The lowest BCUT2D eigenvalue weighted by Gasteiger charge is -2.27. The van der Waals surface area contributed by atoms with Crippen LogP contribution in [0.25, 0.3) is 0 Å². The Morgan fingerprint density at radius 2 is 2.05 bits per heavy atom. The number of nitrogens with zero attached hydrogens (tertiary/aromatic N) is 1. The number of benzene rings is 1. The van der Waals surface area contributed by atoms with E-state index in [0.717, 1.165) is 12.3 Å². The first-order valence-electron chi connectivity index (χ1n) is 5.81. The van der Waals surface area contributed by atoms with Gasteiger partial charge < -0.3 is 10.4 Å². The summed E-state index contributed by atoms with van der Waals surface area (Å²) in [5.41, 5.74) is -0.866. The van der Waals surface area contributed by atoms with E-state index in [1.54, 1.807) is 24.3 Å². The third kappa shape index (κ3) is 2.72. The topological polar surface area (TPSA) is 62.2 Å². The Morgan fingerprint density at radius 3 is 2.60 bits per heavy atom. The smallest absolute Gasteiger partial charge is 0.335 e. The molecule has 0 amide bonds. The van der Waals surface area contributed by atoms with Gasteiger partial charge in [0.25, 0.3) is 0 Å². The lowest BCUT2D eigenvalue weighted by Crippen LogP contribution is -2.41. The molecule has 2 aromatic rings. The van der Waals surface area contributed by atoms with Crippen molar-refractivity contribution in [3.63, 3.8) is 0 Å². The number of nitrogens with one attached hydrogen (secondary N) is 1. The molecule has 6 heteroatoms. The van der Waals surface area contributed by atoms with Crippen molar-refractivity contribution in [2.24, 2.45) is 0 Å². The van der Waals surface area contributed by atoms with E-state index in [1.807, 2.05) is 0 Å². The second-order valence-electron chi connectivity index (χ2n) is 4.40. The lowest BCUT2D eigenvalue weighted by atomic mass is 9.96. The third-order valence-corrected chi connectivity index (χ3v) is 3.26. The summed E-state index contributed by atoms with van der Waals surface area (Å²) in [5, 5.41) is 12.7. The Balaban J connectivity index is 2.43. The van der Waals surface area contributed by atoms with Gasteiger partial charge in [0.15, 0.2) is 5.54 Å². The third-order valence-electron chi connectivity index (χ3n) is 2.93. The average molecular weight is 295 g/mol. The fraction of sp³-hybridized carbons (Fsp3) is 0.143. The molecule has 0 radical (unpaired) electrons. The van der Waals surface area contributed by atoms with Crippen LogP contribution >= 0.6 is 11.6 Å². The monoisotopic (exact) mass is 294 g/mol. The summed E-state index contributed by atoms with van der Waals surface area (Å²) in [5.74, 6) is -1.67. The lowest BCUT2D eigenvalue weighted by molar-refractivity contribution is -0.142. The van der Waals surface area contributed by atoms with Crippen LogP contribution in [0.2, 0.25) is 5.02 Å². The highest BCUT2D eigenvalue weighted by Crippen LogP contribution is 2.29. The van der Waals surface area contributed by atoms with Crippen molar-refractivity contribution in [2.45, 2.75) is 12.5 Å². The highest BCUT2D eigenvalue weighted by molar-refractivity contribution is 6.33. The quantitative estimate of drug-likeness (QED) is 0.908. The van der Waals surface area contributed by atoms with Crippen LogP contribution < -0.4 is 5.32 Å². The van der Waals surface area contributed by atoms with E-state index in [0.29, 0.717) is 10.7 Å². The summed E-state index contributed by atoms with van der Waals surface area (Å²) < 4.78 is 12.9. The van der Waals surface area contributed by atoms with Crippen molar-refractivity contribution in [1.29, 1.82) is 0 Å². The van der Waals surface area contributed by atoms with Gasteiger partial charge >= 0.3 is 5.97 Å². The van der Waals surface area contributed by atoms with Crippen LogP contribution in [0.1, 0.15) is 12.6 Å². The van der Waals surface area contributed by atoms with Crippen LogP contribution in [0.3, 0.4) is 0 Å². The van der Waals surface area contributed by atoms with E-state index in [4.69, 9.17) is 11.6 Å². The molecule has 2 rings (SSSR count). The number of hydrogen-bond acceptors (Lipinski definition) is 3. The number of carboxylic acids is 1. The molecule has 0 saturated carbocycles. The van der Waals surface area contributed by atoms with Crippen molar-refractivity contribution in [2.75, 3.05) is 5.32 Å². The van der Waals surface area contributed by atoms with E-state index >= 15 is 0 Å². The standard InChI is InChI=1S/C14H12ClFN2O2/c1-14(13(19)20,12-7-6-9(16)8-17-12)18-11-5-3-2-4-10(11)15/h2-8,18H,1H3,(H,19,20). The maximum absolute atomic E-state index is 12.9. The molecule has 4 nitrogen and oxygen atoms in total. The van der Waals surface area contributed by atoms with Crippen LogP contribution in [-0.2, 0) is 10.3 Å². The molecule has 0 saturated heterocycles. The van der Waals surface area contributed by atoms with Crippen LogP contribution in [0, 0.1) is 5.82 Å². The summed E-state index contributed by atoms with van der Waals surface area (Å²) in [7, 11) is 0. The minimum atomic E-state index is -1.52. The molecule has 1 aromatic carbocycles. The minimum Gasteiger partial charge on any atom is -0.479 e. The molecule has 0 fully saturated rings. The zero-order valence-electron chi connectivity index (χ0n) is 10.6. The number of rotatable bonds is 4. The Kier molecular flexibility index (Phi) is 3.90. The molecule has 2 N–H and O–H groups in total. The summed E-state index contributed by atoms with van der Waals surface area (Å²) in [6.45, 7) is 1.44.